The van der Waals surface area contributed by atoms with Crippen LogP contribution < -0.4 is 5.43 Å². The Hall–Kier alpha value is -1.49. The molecule has 0 bridgehead atoms. The summed E-state index contributed by atoms with van der Waals surface area (Å²) in [5.41, 5.74) is 3.07. The fourth-order valence-electron chi connectivity index (χ4n) is 1.76. The topological polar surface area (TPSA) is 45.2 Å². The fraction of sp³-hybridized carbons (Fsp3) is 0.455. The molecule has 2 heterocycles. The Kier molecular flexibility index (Phi) is 3.46. The Labute approximate surface area is 93.4 Å². The van der Waals surface area contributed by atoms with Gasteiger partial charge in [-0.15, -0.1) is 0 Å². The van der Waals surface area contributed by atoms with E-state index in [1.807, 2.05) is 5.01 Å². The van der Waals surface area contributed by atoms with Crippen molar-refractivity contribution in [3.63, 3.8) is 0 Å². The lowest BCUT2D eigenvalue weighted by atomic mass is 10.2. The van der Waals surface area contributed by atoms with Crippen molar-refractivity contribution < 1.29 is 9.18 Å². The van der Waals surface area contributed by atoms with Crippen LogP contribution in [0, 0.1) is 5.95 Å². The number of rotatable bonds is 2. The minimum Gasteiger partial charge on any atom is -0.285 e. The first-order chi connectivity index (χ1) is 7.75. The highest BCUT2D eigenvalue weighted by molar-refractivity contribution is 5.93. The van der Waals surface area contributed by atoms with E-state index in [-0.39, 0.29) is 5.91 Å². The number of piperidine rings is 1. The molecule has 1 aliphatic heterocycles. The molecule has 0 radical (unpaired) electrons. The summed E-state index contributed by atoms with van der Waals surface area (Å²) in [5.74, 6) is -0.908. The quantitative estimate of drug-likeness (QED) is 0.770. The van der Waals surface area contributed by atoms with Gasteiger partial charge in [0.15, 0.2) is 0 Å². The minimum atomic E-state index is -0.633. The molecule has 2 rings (SSSR count). The van der Waals surface area contributed by atoms with Crippen molar-refractivity contribution in [3.8, 4) is 0 Å². The molecule has 1 saturated heterocycles. The van der Waals surface area contributed by atoms with Crippen LogP contribution in [0.1, 0.15) is 29.6 Å². The van der Waals surface area contributed by atoms with Crippen LogP contribution in [0.15, 0.2) is 18.3 Å². The average molecular weight is 223 g/mol. The standard InChI is InChI=1S/C11H14FN3O/c12-10-8-9(4-5-13-10)11(16)14-15-6-2-1-3-7-15/h4-5,8H,1-3,6-7H2,(H,14,16). The molecule has 0 aromatic carbocycles. The molecular weight excluding hydrogens is 209 g/mol. The number of carbonyl (C=O) groups excluding carboxylic acids is 1. The van der Waals surface area contributed by atoms with Crippen molar-refractivity contribution in [1.82, 2.24) is 15.4 Å². The summed E-state index contributed by atoms with van der Waals surface area (Å²) in [6, 6.07) is 2.64. The fourth-order valence-corrected chi connectivity index (χ4v) is 1.76. The third-order valence-corrected chi connectivity index (χ3v) is 2.60. The van der Waals surface area contributed by atoms with Gasteiger partial charge in [0.2, 0.25) is 5.95 Å². The number of amides is 1. The zero-order valence-corrected chi connectivity index (χ0v) is 8.95. The number of nitrogens with one attached hydrogen (secondary N) is 1. The van der Waals surface area contributed by atoms with E-state index in [4.69, 9.17) is 0 Å². The Morgan fingerprint density at radius 3 is 2.81 bits per heavy atom. The minimum absolute atomic E-state index is 0.275. The van der Waals surface area contributed by atoms with E-state index < -0.39 is 5.95 Å². The molecule has 1 fully saturated rings. The molecular formula is C11H14FN3O. The highest BCUT2D eigenvalue weighted by Gasteiger charge is 2.14. The number of hydrazine groups is 1. The third-order valence-electron chi connectivity index (χ3n) is 2.60. The molecule has 0 spiro atoms. The second-order valence-corrected chi connectivity index (χ2v) is 3.86. The summed E-state index contributed by atoms with van der Waals surface area (Å²) in [4.78, 5) is 15.1. The van der Waals surface area contributed by atoms with Crippen LogP contribution in [-0.4, -0.2) is 29.0 Å². The molecule has 86 valence electrons. The van der Waals surface area contributed by atoms with E-state index in [0.717, 1.165) is 32.0 Å². The van der Waals surface area contributed by atoms with Gasteiger partial charge in [-0.2, -0.15) is 4.39 Å². The average Bonchev–Trinajstić information content (AvgIpc) is 2.30. The maximum Gasteiger partial charge on any atom is 0.265 e. The van der Waals surface area contributed by atoms with Crippen LogP contribution in [0.4, 0.5) is 4.39 Å². The summed E-state index contributed by atoms with van der Waals surface area (Å²) >= 11 is 0. The first-order valence-corrected chi connectivity index (χ1v) is 5.43. The normalized spacial score (nSPS) is 17.1. The van der Waals surface area contributed by atoms with Crippen molar-refractivity contribution in [2.45, 2.75) is 19.3 Å². The predicted molar refractivity (Wildman–Crippen MR) is 57.1 cm³/mol. The van der Waals surface area contributed by atoms with Gasteiger partial charge in [0.1, 0.15) is 0 Å². The van der Waals surface area contributed by atoms with Crippen LogP contribution in [-0.2, 0) is 0 Å². The number of aromatic nitrogens is 1. The van der Waals surface area contributed by atoms with Crippen LogP contribution in [0.3, 0.4) is 0 Å². The van der Waals surface area contributed by atoms with Crippen LogP contribution in [0.25, 0.3) is 0 Å². The molecule has 4 nitrogen and oxygen atoms in total. The SMILES string of the molecule is O=C(NN1CCCCC1)c1ccnc(F)c1. The van der Waals surface area contributed by atoms with E-state index in [9.17, 15) is 9.18 Å². The Balaban J connectivity index is 1.97. The molecule has 0 atom stereocenters. The van der Waals surface area contributed by atoms with Crippen molar-refractivity contribution in [1.29, 1.82) is 0 Å². The summed E-state index contributed by atoms with van der Waals surface area (Å²) in [7, 11) is 0. The van der Waals surface area contributed by atoms with Crippen molar-refractivity contribution in [2.75, 3.05) is 13.1 Å². The van der Waals surface area contributed by atoms with Gasteiger partial charge in [0, 0.05) is 30.9 Å². The van der Waals surface area contributed by atoms with E-state index in [1.54, 1.807) is 0 Å². The van der Waals surface area contributed by atoms with E-state index >= 15 is 0 Å². The zero-order chi connectivity index (χ0) is 11.4. The van der Waals surface area contributed by atoms with Gasteiger partial charge >= 0.3 is 0 Å². The van der Waals surface area contributed by atoms with Gasteiger partial charge in [-0.3, -0.25) is 10.2 Å². The molecule has 5 heteroatoms. The van der Waals surface area contributed by atoms with E-state index in [2.05, 4.69) is 10.4 Å². The lowest BCUT2D eigenvalue weighted by molar-refractivity contribution is 0.0749. The first-order valence-electron chi connectivity index (χ1n) is 5.43. The van der Waals surface area contributed by atoms with Gasteiger partial charge in [-0.1, -0.05) is 6.42 Å². The Morgan fingerprint density at radius 2 is 2.12 bits per heavy atom. The van der Waals surface area contributed by atoms with Crippen molar-refractivity contribution in [2.24, 2.45) is 0 Å². The maximum atomic E-state index is 12.8. The molecule has 1 amide bonds. The van der Waals surface area contributed by atoms with Gasteiger partial charge in [0.25, 0.3) is 5.91 Å². The summed E-state index contributed by atoms with van der Waals surface area (Å²) in [5, 5.41) is 1.88. The van der Waals surface area contributed by atoms with Crippen LogP contribution >= 0.6 is 0 Å². The highest BCUT2D eigenvalue weighted by atomic mass is 19.1. The van der Waals surface area contributed by atoms with Gasteiger partial charge < -0.3 is 0 Å². The molecule has 16 heavy (non-hydrogen) atoms. The highest BCUT2D eigenvalue weighted by Crippen LogP contribution is 2.07. The number of carbonyl (C=O) groups is 1. The number of hydrogen-bond donors (Lipinski definition) is 1. The molecule has 1 N–H and O–H groups in total. The lowest BCUT2D eigenvalue weighted by Gasteiger charge is -2.26. The molecule has 0 aliphatic carbocycles. The second-order valence-electron chi connectivity index (χ2n) is 3.86. The smallest absolute Gasteiger partial charge is 0.265 e. The Morgan fingerprint density at radius 1 is 1.38 bits per heavy atom. The number of nitrogens with zero attached hydrogens (tertiary/aromatic N) is 2. The van der Waals surface area contributed by atoms with E-state index in [0.29, 0.717) is 5.56 Å². The van der Waals surface area contributed by atoms with Crippen LogP contribution in [0.5, 0.6) is 0 Å². The largest absolute Gasteiger partial charge is 0.285 e. The molecule has 1 aromatic heterocycles. The molecule has 1 aromatic rings. The second kappa shape index (κ2) is 5.03. The van der Waals surface area contributed by atoms with Gasteiger partial charge in [-0.05, 0) is 18.9 Å². The summed E-state index contributed by atoms with van der Waals surface area (Å²) in [6.07, 6.45) is 4.67. The molecule has 0 unspecified atom stereocenters. The van der Waals surface area contributed by atoms with Crippen LogP contribution in [0.2, 0.25) is 0 Å². The monoisotopic (exact) mass is 223 g/mol. The van der Waals surface area contributed by atoms with E-state index in [1.165, 1.54) is 18.7 Å². The third kappa shape index (κ3) is 2.76. The Bertz CT molecular complexity index is 377. The number of hydrogen-bond acceptors (Lipinski definition) is 3. The summed E-state index contributed by atoms with van der Waals surface area (Å²) < 4.78 is 12.8. The number of halogens is 1. The maximum absolute atomic E-state index is 12.8. The number of pyridine rings is 1. The van der Waals surface area contributed by atoms with Crippen molar-refractivity contribution in [3.05, 3.63) is 29.8 Å². The summed E-state index contributed by atoms with van der Waals surface area (Å²) in [6.45, 7) is 1.72. The van der Waals surface area contributed by atoms with Gasteiger partial charge in [0.05, 0.1) is 0 Å². The molecule has 0 saturated carbocycles. The lowest BCUT2D eigenvalue weighted by Crippen LogP contribution is -2.45. The molecule has 1 aliphatic rings. The van der Waals surface area contributed by atoms with Gasteiger partial charge in [-0.25, -0.2) is 9.99 Å². The first kappa shape index (κ1) is 11.0. The van der Waals surface area contributed by atoms with Crippen molar-refractivity contribution >= 4 is 5.91 Å². The predicted octanol–water partition coefficient (Wildman–Crippen LogP) is 1.35. The zero-order valence-electron chi connectivity index (χ0n) is 8.95.